The second-order valence-electron chi connectivity index (χ2n) is 4.43. The molecule has 0 fully saturated rings. The lowest BCUT2D eigenvalue weighted by atomic mass is 10.1. The maximum absolute atomic E-state index is 12.1. The van der Waals surface area contributed by atoms with E-state index in [1.807, 2.05) is 0 Å². The Morgan fingerprint density at radius 3 is 2.14 bits per heavy atom. The Balaban J connectivity index is 1.93. The van der Waals surface area contributed by atoms with Gasteiger partial charge in [0.2, 0.25) is 0 Å². The van der Waals surface area contributed by atoms with Crippen molar-refractivity contribution in [1.82, 2.24) is 5.01 Å². The van der Waals surface area contributed by atoms with Gasteiger partial charge in [-0.3, -0.25) is 9.59 Å². The summed E-state index contributed by atoms with van der Waals surface area (Å²) in [6, 6.07) is 10.8. The van der Waals surface area contributed by atoms with Crippen LogP contribution < -0.4 is 0 Å². The Labute approximate surface area is 119 Å². The summed E-state index contributed by atoms with van der Waals surface area (Å²) >= 11 is 0. The smallest absolute Gasteiger partial charge is 0.282 e. The predicted molar refractivity (Wildman–Crippen MR) is 74.3 cm³/mol. The Morgan fingerprint density at radius 2 is 1.52 bits per heavy atom. The van der Waals surface area contributed by atoms with Gasteiger partial charge in [-0.05, 0) is 24.3 Å². The third-order valence-corrected chi connectivity index (χ3v) is 3.13. The second kappa shape index (κ2) is 4.75. The van der Waals surface area contributed by atoms with Crippen molar-refractivity contribution < 1.29 is 19.8 Å². The van der Waals surface area contributed by atoms with Crippen molar-refractivity contribution in [1.29, 1.82) is 0 Å². The minimum atomic E-state index is -0.522. The lowest BCUT2D eigenvalue weighted by molar-refractivity contribution is 0.0660. The molecule has 104 valence electrons. The summed E-state index contributed by atoms with van der Waals surface area (Å²) in [5, 5.41) is 23.6. The Hall–Kier alpha value is -3.15. The largest absolute Gasteiger partial charge is 0.504 e. The van der Waals surface area contributed by atoms with E-state index in [1.165, 1.54) is 18.2 Å². The molecule has 3 rings (SSSR count). The molecule has 0 bridgehead atoms. The molecule has 6 nitrogen and oxygen atoms in total. The summed E-state index contributed by atoms with van der Waals surface area (Å²) in [4.78, 5) is 24.1. The fourth-order valence-electron chi connectivity index (χ4n) is 2.05. The van der Waals surface area contributed by atoms with Crippen LogP contribution in [0, 0.1) is 0 Å². The molecule has 0 saturated heterocycles. The molecule has 0 radical (unpaired) electrons. The molecule has 1 aliphatic rings. The SMILES string of the molecule is O=C1c2ccccc2C(=O)N1N=Cc1cccc(O)c1O. The molecule has 0 atom stereocenters. The van der Waals surface area contributed by atoms with Gasteiger partial charge in [0.05, 0.1) is 17.3 Å². The van der Waals surface area contributed by atoms with E-state index < -0.39 is 11.8 Å². The van der Waals surface area contributed by atoms with Gasteiger partial charge < -0.3 is 10.2 Å². The number of phenols is 2. The van der Waals surface area contributed by atoms with E-state index in [4.69, 9.17) is 0 Å². The van der Waals surface area contributed by atoms with Crippen LogP contribution in [-0.2, 0) is 0 Å². The van der Waals surface area contributed by atoms with Crippen molar-refractivity contribution in [3.8, 4) is 11.5 Å². The van der Waals surface area contributed by atoms with Gasteiger partial charge in [-0.1, -0.05) is 18.2 Å². The highest BCUT2D eigenvalue weighted by Gasteiger charge is 2.35. The van der Waals surface area contributed by atoms with E-state index in [9.17, 15) is 19.8 Å². The van der Waals surface area contributed by atoms with Crippen molar-refractivity contribution in [2.75, 3.05) is 0 Å². The molecule has 2 amide bonds. The van der Waals surface area contributed by atoms with Crippen LogP contribution in [0.1, 0.15) is 26.3 Å². The van der Waals surface area contributed by atoms with Gasteiger partial charge in [-0.2, -0.15) is 10.1 Å². The van der Waals surface area contributed by atoms with Crippen molar-refractivity contribution in [2.24, 2.45) is 5.10 Å². The second-order valence-corrected chi connectivity index (χ2v) is 4.43. The quantitative estimate of drug-likeness (QED) is 0.498. The molecule has 0 aromatic heterocycles. The molecule has 1 heterocycles. The molecule has 0 saturated carbocycles. The first-order valence-electron chi connectivity index (χ1n) is 6.12. The minimum absolute atomic E-state index is 0.201. The highest BCUT2D eigenvalue weighted by atomic mass is 16.3. The maximum Gasteiger partial charge on any atom is 0.282 e. The summed E-state index contributed by atoms with van der Waals surface area (Å²) in [7, 11) is 0. The number of aromatic hydroxyl groups is 2. The van der Waals surface area contributed by atoms with Crippen LogP contribution >= 0.6 is 0 Å². The number of hydrogen-bond acceptors (Lipinski definition) is 5. The maximum atomic E-state index is 12.1. The third kappa shape index (κ3) is 2.02. The van der Waals surface area contributed by atoms with Crippen LogP contribution in [0.5, 0.6) is 11.5 Å². The van der Waals surface area contributed by atoms with Gasteiger partial charge in [-0.25, -0.2) is 0 Å². The Morgan fingerprint density at radius 1 is 0.905 bits per heavy atom. The normalized spacial score (nSPS) is 14.0. The zero-order valence-electron chi connectivity index (χ0n) is 10.7. The number of para-hydroxylation sites is 1. The molecular formula is C15H10N2O4. The predicted octanol–water partition coefficient (Wildman–Crippen LogP) is 1.73. The van der Waals surface area contributed by atoms with Crippen molar-refractivity contribution in [3.05, 3.63) is 59.2 Å². The fourth-order valence-corrected chi connectivity index (χ4v) is 2.05. The molecule has 6 heteroatoms. The van der Waals surface area contributed by atoms with Gasteiger partial charge in [0.25, 0.3) is 11.8 Å². The fraction of sp³-hybridized carbons (Fsp3) is 0. The van der Waals surface area contributed by atoms with E-state index in [1.54, 1.807) is 24.3 Å². The number of hydrogen-bond donors (Lipinski definition) is 2. The Bertz CT molecular complexity index is 748. The lowest BCUT2D eigenvalue weighted by Gasteiger charge is -2.06. The van der Waals surface area contributed by atoms with E-state index >= 15 is 0 Å². The first kappa shape index (κ1) is 12.9. The van der Waals surface area contributed by atoms with Gasteiger partial charge >= 0.3 is 0 Å². The van der Waals surface area contributed by atoms with E-state index in [0.717, 1.165) is 11.2 Å². The highest BCUT2D eigenvalue weighted by molar-refractivity contribution is 6.21. The molecule has 2 aromatic rings. The summed E-state index contributed by atoms with van der Waals surface area (Å²) in [6.07, 6.45) is 1.15. The van der Waals surface area contributed by atoms with Crippen LogP contribution in [0.15, 0.2) is 47.6 Å². The number of phenolic OH excluding ortho intramolecular Hbond substituents is 2. The zero-order chi connectivity index (χ0) is 15.0. The summed E-state index contributed by atoms with van der Waals surface area (Å²) in [6.45, 7) is 0. The number of nitrogens with zero attached hydrogens (tertiary/aromatic N) is 2. The van der Waals surface area contributed by atoms with Gasteiger partial charge in [0.1, 0.15) is 0 Å². The van der Waals surface area contributed by atoms with Crippen LogP contribution in [0.3, 0.4) is 0 Å². The standard InChI is InChI=1S/C15H10N2O4/c18-12-7-3-4-9(13(12)19)8-16-17-14(20)10-5-1-2-6-11(10)15(17)21/h1-8,18-19H. The third-order valence-electron chi connectivity index (χ3n) is 3.13. The number of amides is 2. The van der Waals surface area contributed by atoms with Crippen molar-refractivity contribution in [3.63, 3.8) is 0 Å². The first-order chi connectivity index (χ1) is 10.1. The zero-order valence-corrected chi connectivity index (χ0v) is 10.7. The number of benzene rings is 2. The number of rotatable bonds is 2. The van der Waals surface area contributed by atoms with E-state index in [2.05, 4.69) is 5.10 Å². The number of imide groups is 1. The molecule has 0 aliphatic carbocycles. The van der Waals surface area contributed by atoms with Crippen molar-refractivity contribution >= 4 is 18.0 Å². The number of hydrazone groups is 1. The molecular weight excluding hydrogens is 272 g/mol. The summed E-state index contributed by atoms with van der Waals surface area (Å²) in [5.41, 5.74) is 0.783. The van der Waals surface area contributed by atoms with Gasteiger partial charge in [0, 0.05) is 5.56 Å². The van der Waals surface area contributed by atoms with Crippen molar-refractivity contribution in [2.45, 2.75) is 0 Å². The number of carbonyl (C=O) groups is 2. The first-order valence-corrected chi connectivity index (χ1v) is 6.12. The van der Waals surface area contributed by atoms with Crippen LogP contribution in [0.2, 0.25) is 0 Å². The molecule has 21 heavy (non-hydrogen) atoms. The summed E-state index contributed by atoms with van der Waals surface area (Å²) < 4.78 is 0. The monoisotopic (exact) mass is 282 g/mol. The topological polar surface area (TPSA) is 90.2 Å². The highest BCUT2D eigenvalue weighted by Crippen LogP contribution is 2.27. The number of fused-ring (bicyclic) bond motifs is 1. The average Bonchev–Trinajstić information content (AvgIpc) is 2.73. The molecule has 2 aromatic carbocycles. The van der Waals surface area contributed by atoms with E-state index in [0.29, 0.717) is 11.1 Å². The van der Waals surface area contributed by atoms with Crippen LogP contribution in [0.25, 0.3) is 0 Å². The molecule has 0 spiro atoms. The molecule has 1 aliphatic heterocycles. The van der Waals surface area contributed by atoms with E-state index in [-0.39, 0.29) is 17.1 Å². The number of carbonyl (C=O) groups excluding carboxylic acids is 2. The minimum Gasteiger partial charge on any atom is -0.504 e. The Kier molecular flexibility index (Phi) is 2.91. The lowest BCUT2D eigenvalue weighted by Crippen LogP contribution is -2.23. The van der Waals surface area contributed by atoms with Crippen LogP contribution in [-0.4, -0.2) is 33.3 Å². The van der Waals surface area contributed by atoms with Gasteiger partial charge in [-0.15, -0.1) is 0 Å². The average molecular weight is 282 g/mol. The van der Waals surface area contributed by atoms with Crippen LogP contribution in [0.4, 0.5) is 0 Å². The summed E-state index contributed by atoms with van der Waals surface area (Å²) in [5.74, 6) is -1.71. The molecule has 0 unspecified atom stereocenters. The van der Waals surface area contributed by atoms with Gasteiger partial charge in [0.15, 0.2) is 11.5 Å². The molecule has 2 N–H and O–H groups in total.